The van der Waals surface area contributed by atoms with E-state index in [9.17, 15) is 9.59 Å². The fourth-order valence-electron chi connectivity index (χ4n) is 1.68. The molecular formula is C13H14N2O2. The van der Waals surface area contributed by atoms with E-state index in [4.69, 9.17) is 0 Å². The molecule has 0 saturated heterocycles. The van der Waals surface area contributed by atoms with E-state index in [0.29, 0.717) is 12.1 Å². The third kappa shape index (κ3) is 2.36. The van der Waals surface area contributed by atoms with Crippen LogP contribution in [-0.4, -0.2) is 14.9 Å². The zero-order valence-corrected chi connectivity index (χ0v) is 9.67. The molecule has 0 N–H and O–H groups in total. The number of Topliss-reactive ketones (excluding diaryl/α,β-unsaturated/α-hetero) is 1. The number of carbonyl (C=O) groups excluding carboxylic acids is 1. The van der Waals surface area contributed by atoms with Crippen LogP contribution in [0.4, 0.5) is 0 Å². The van der Waals surface area contributed by atoms with Crippen molar-refractivity contribution >= 4 is 5.78 Å². The zero-order chi connectivity index (χ0) is 12.3. The van der Waals surface area contributed by atoms with E-state index < -0.39 is 0 Å². The molecule has 88 valence electrons. The summed E-state index contributed by atoms with van der Waals surface area (Å²) in [7, 11) is 0. The second-order valence-corrected chi connectivity index (χ2v) is 3.78. The first-order chi connectivity index (χ1) is 8.22. The van der Waals surface area contributed by atoms with E-state index in [1.165, 1.54) is 4.57 Å². The molecule has 0 unspecified atom stereocenters. The fraction of sp³-hybridized carbons (Fsp3) is 0.231. The van der Waals surface area contributed by atoms with E-state index in [1.807, 2.05) is 25.1 Å². The number of rotatable bonds is 4. The molecule has 1 heterocycles. The van der Waals surface area contributed by atoms with Crippen molar-refractivity contribution in [3.05, 3.63) is 58.8 Å². The predicted molar refractivity (Wildman–Crippen MR) is 65.1 cm³/mol. The van der Waals surface area contributed by atoms with Gasteiger partial charge >= 0.3 is 5.69 Å². The lowest BCUT2D eigenvalue weighted by atomic mass is 10.1. The molecule has 1 aromatic heterocycles. The predicted octanol–water partition coefficient (Wildman–Crippen LogP) is 1.55. The maximum atomic E-state index is 11.9. The molecular weight excluding hydrogens is 216 g/mol. The van der Waals surface area contributed by atoms with Gasteiger partial charge in [0.15, 0.2) is 5.78 Å². The van der Waals surface area contributed by atoms with Crippen molar-refractivity contribution in [2.24, 2.45) is 0 Å². The van der Waals surface area contributed by atoms with Gasteiger partial charge in [-0.15, -0.1) is 0 Å². The quantitative estimate of drug-likeness (QED) is 0.748. The van der Waals surface area contributed by atoms with Crippen LogP contribution >= 0.6 is 0 Å². The summed E-state index contributed by atoms with van der Waals surface area (Å²) < 4.78 is 3.00. The van der Waals surface area contributed by atoms with Crippen molar-refractivity contribution in [1.82, 2.24) is 9.13 Å². The van der Waals surface area contributed by atoms with Crippen LogP contribution in [0.15, 0.2) is 47.5 Å². The van der Waals surface area contributed by atoms with Crippen molar-refractivity contribution in [1.29, 1.82) is 0 Å². The van der Waals surface area contributed by atoms with Gasteiger partial charge in [0.1, 0.15) is 0 Å². The maximum absolute atomic E-state index is 11.9. The molecule has 0 aliphatic heterocycles. The molecule has 0 aliphatic rings. The molecule has 0 amide bonds. The number of hydrogen-bond acceptors (Lipinski definition) is 2. The van der Waals surface area contributed by atoms with Gasteiger partial charge in [-0.2, -0.15) is 0 Å². The number of benzene rings is 1. The molecule has 0 spiro atoms. The van der Waals surface area contributed by atoms with Crippen molar-refractivity contribution in [3.63, 3.8) is 0 Å². The van der Waals surface area contributed by atoms with Crippen molar-refractivity contribution < 1.29 is 4.79 Å². The van der Waals surface area contributed by atoms with E-state index in [-0.39, 0.29) is 18.0 Å². The molecule has 0 bridgehead atoms. The van der Waals surface area contributed by atoms with Gasteiger partial charge in [-0.3, -0.25) is 13.9 Å². The molecule has 17 heavy (non-hydrogen) atoms. The van der Waals surface area contributed by atoms with Crippen LogP contribution in [0.2, 0.25) is 0 Å². The van der Waals surface area contributed by atoms with Crippen molar-refractivity contribution in [2.75, 3.05) is 0 Å². The Labute approximate surface area is 99.1 Å². The molecule has 0 radical (unpaired) electrons. The first-order valence-corrected chi connectivity index (χ1v) is 5.56. The Morgan fingerprint density at radius 1 is 1.12 bits per heavy atom. The highest BCUT2D eigenvalue weighted by Crippen LogP contribution is 2.01. The molecule has 4 nitrogen and oxygen atoms in total. The topological polar surface area (TPSA) is 44.0 Å². The maximum Gasteiger partial charge on any atom is 0.328 e. The Bertz CT molecular complexity index is 567. The summed E-state index contributed by atoms with van der Waals surface area (Å²) in [5.74, 6) is -0.0541. The van der Waals surface area contributed by atoms with Gasteiger partial charge in [0.25, 0.3) is 0 Å². The highest BCUT2D eigenvalue weighted by atomic mass is 16.2. The van der Waals surface area contributed by atoms with Crippen LogP contribution in [0.1, 0.15) is 17.3 Å². The van der Waals surface area contributed by atoms with Crippen LogP contribution in [0.3, 0.4) is 0 Å². The third-order valence-electron chi connectivity index (χ3n) is 2.67. The number of nitrogens with zero attached hydrogens (tertiary/aromatic N) is 2. The normalized spacial score (nSPS) is 10.4. The smallest absolute Gasteiger partial charge is 0.300 e. The van der Waals surface area contributed by atoms with Crippen LogP contribution in [0, 0.1) is 0 Å². The Morgan fingerprint density at radius 2 is 1.76 bits per heavy atom. The first kappa shape index (κ1) is 11.4. The van der Waals surface area contributed by atoms with Crippen LogP contribution in [-0.2, 0) is 13.1 Å². The van der Waals surface area contributed by atoms with E-state index in [0.717, 1.165) is 0 Å². The highest BCUT2D eigenvalue weighted by molar-refractivity contribution is 5.95. The van der Waals surface area contributed by atoms with Crippen LogP contribution in [0.25, 0.3) is 0 Å². The number of aromatic nitrogens is 2. The fourth-order valence-corrected chi connectivity index (χ4v) is 1.68. The first-order valence-electron chi connectivity index (χ1n) is 5.56. The van der Waals surface area contributed by atoms with E-state index in [1.54, 1.807) is 29.1 Å². The highest BCUT2D eigenvalue weighted by Gasteiger charge is 2.08. The summed E-state index contributed by atoms with van der Waals surface area (Å²) in [5.41, 5.74) is 0.487. The minimum Gasteiger partial charge on any atom is -0.300 e. The van der Waals surface area contributed by atoms with Crippen LogP contribution in [0.5, 0.6) is 0 Å². The van der Waals surface area contributed by atoms with Crippen molar-refractivity contribution in [3.8, 4) is 0 Å². The number of imidazole rings is 1. The minimum absolute atomic E-state index is 0.0541. The zero-order valence-electron chi connectivity index (χ0n) is 9.67. The lowest BCUT2D eigenvalue weighted by Gasteiger charge is -2.01. The summed E-state index contributed by atoms with van der Waals surface area (Å²) in [6, 6.07) is 8.99. The minimum atomic E-state index is -0.142. The van der Waals surface area contributed by atoms with Gasteiger partial charge in [0.05, 0.1) is 6.54 Å². The van der Waals surface area contributed by atoms with Gasteiger partial charge in [-0.25, -0.2) is 4.79 Å². The Balaban J connectivity index is 2.19. The second kappa shape index (κ2) is 4.82. The largest absolute Gasteiger partial charge is 0.328 e. The Morgan fingerprint density at radius 3 is 2.35 bits per heavy atom. The van der Waals surface area contributed by atoms with Gasteiger partial charge in [-0.1, -0.05) is 30.3 Å². The van der Waals surface area contributed by atoms with Gasteiger partial charge in [0.2, 0.25) is 0 Å². The summed E-state index contributed by atoms with van der Waals surface area (Å²) in [5, 5.41) is 0. The SMILES string of the molecule is CCn1ccn(CC(=O)c2ccccc2)c1=O. The summed E-state index contributed by atoms with van der Waals surface area (Å²) in [4.78, 5) is 23.6. The van der Waals surface area contributed by atoms with Gasteiger partial charge in [-0.05, 0) is 6.92 Å². The average molecular weight is 230 g/mol. The summed E-state index contributed by atoms with van der Waals surface area (Å²) in [6.07, 6.45) is 3.34. The second-order valence-electron chi connectivity index (χ2n) is 3.78. The monoisotopic (exact) mass is 230 g/mol. The lowest BCUT2D eigenvalue weighted by Crippen LogP contribution is -2.26. The van der Waals surface area contributed by atoms with E-state index in [2.05, 4.69) is 0 Å². The molecule has 0 saturated carbocycles. The molecule has 2 aromatic rings. The number of hydrogen-bond donors (Lipinski definition) is 0. The molecule has 4 heteroatoms. The third-order valence-corrected chi connectivity index (χ3v) is 2.67. The lowest BCUT2D eigenvalue weighted by molar-refractivity contribution is 0.0970. The number of ketones is 1. The van der Waals surface area contributed by atoms with E-state index >= 15 is 0 Å². The van der Waals surface area contributed by atoms with Gasteiger partial charge in [0, 0.05) is 24.5 Å². The van der Waals surface area contributed by atoms with Gasteiger partial charge < -0.3 is 0 Å². The summed E-state index contributed by atoms with van der Waals surface area (Å²) in [6.45, 7) is 2.60. The van der Waals surface area contributed by atoms with Crippen molar-refractivity contribution in [2.45, 2.75) is 20.0 Å². The molecule has 0 atom stereocenters. The Hall–Kier alpha value is -2.10. The number of carbonyl (C=O) groups is 1. The molecule has 0 fully saturated rings. The van der Waals surface area contributed by atoms with Crippen LogP contribution < -0.4 is 5.69 Å². The Kier molecular flexibility index (Phi) is 3.23. The molecule has 0 aliphatic carbocycles. The number of aryl methyl sites for hydroxylation is 1. The molecule has 2 rings (SSSR count). The summed E-state index contributed by atoms with van der Waals surface area (Å²) >= 11 is 0. The standard InChI is InChI=1S/C13H14N2O2/c1-2-14-8-9-15(13(14)17)10-12(16)11-6-4-3-5-7-11/h3-9H,2,10H2,1H3. The average Bonchev–Trinajstić information content (AvgIpc) is 2.71. The molecule has 1 aromatic carbocycles.